The first-order chi connectivity index (χ1) is 8.66. The molecule has 2 amide bonds. The molecule has 0 aliphatic carbocycles. The molecule has 1 atom stereocenters. The molecule has 1 unspecified atom stereocenters. The largest absolute Gasteiger partial charge is 0.369 e. The van der Waals surface area contributed by atoms with Gasteiger partial charge in [0.05, 0.1) is 6.61 Å². The van der Waals surface area contributed by atoms with Crippen LogP contribution in [0, 0.1) is 0 Å². The highest BCUT2D eigenvalue weighted by atomic mass is 16.5. The minimum atomic E-state index is -0.569. The molecular formula is C13H16N2O3. The minimum Gasteiger partial charge on any atom is -0.369 e. The number of likely N-dealkylation sites (N-methyl/N-ethyl adjacent to an activating group) is 1. The number of carbonyl (C=O) groups is 2. The second-order valence-electron chi connectivity index (χ2n) is 4.32. The predicted octanol–water partition coefficient (Wildman–Crippen LogP) is 0.160. The summed E-state index contributed by atoms with van der Waals surface area (Å²) in [4.78, 5) is 24.8. The van der Waals surface area contributed by atoms with Crippen LogP contribution in [0.2, 0.25) is 0 Å². The molecule has 5 heteroatoms. The van der Waals surface area contributed by atoms with E-state index in [1.54, 1.807) is 11.9 Å². The first-order valence-electron chi connectivity index (χ1n) is 5.83. The lowest BCUT2D eigenvalue weighted by Gasteiger charge is -2.27. The summed E-state index contributed by atoms with van der Waals surface area (Å²) in [7, 11) is 1.72. The standard InChI is InChI=1S/C13H16N2O3/c1-15(7-10-5-3-2-4-6-10)13(17)11-8-18-9-12(16)14-11/h2-6,11H,7-9H2,1H3,(H,14,16). The number of morpholine rings is 1. The summed E-state index contributed by atoms with van der Waals surface area (Å²) < 4.78 is 5.06. The molecule has 2 rings (SSSR count). The van der Waals surface area contributed by atoms with Crippen molar-refractivity contribution in [3.63, 3.8) is 0 Å². The first kappa shape index (κ1) is 12.6. The third-order valence-electron chi connectivity index (χ3n) is 2.79. The van der Waals surface area contributed by atoms with Crippen molar-refractivity contribution in [1.82, 2.24) is 10.2 Å². The van der Waals surface area contributed by atoms with Gasteiger partial charge in [-0.2, -0.15) is 0 Å². The topological polar surface area (TPSA) is 58.6 Å². The number of hydrogen-bond donors (Lipinski definition) is 1. The molecule has 96 valence electrons. The molecular weight excluding hydrogens is 232 g/mol. The van der Waals surface area contributed by atoms with Crippen LogP contribution in [0.15, 0.2) is 30.3 Å². The van der Waals surface area contributed by atoms with Crippen molar-refractivity contribution in [3.05, 3.63) is 35.9 Å². The van der Waals surface area contributed by atoms with E-state index >= 15 is 0 Å². The predicted molar refractivity (Wildman–Crippen MR) is 65.7 cm³/mol. The van der Waals surface area contributed by atoms with Gasteiger partial charge in [0.15, 0.2) is 0 Å². The Hall–Kier alpha value is -1.88. The summed E-state index contributed by atoms with van der Waals surface area (Å²) in [5, 5.41) is 2.63. The molecule has 1 saturated heterocycles. The molecule has 1 aromatic carbocycles. The highest BCUT2D eigenvalue weighted by molar-refractivity contribution is 5.88. The van der Waals surface area contributed by atoms with Crippen LogP contribution in [-0.4, -0.2) is 43.0 Å². The molecule has 0 aromatic heterocycles. The Morgan fingerprint density at radius 2 is 2.17 bits per heavy atom. The molecule has 1 N–H and O–H groups in total. The number of amides is 2. The Bertz CT molecular complexity index is 433. The van der Waals surface area contributed by atoms with Crippen LogP contribution in [0.3, 0.4) is 0 Å². The lowest BCUT2D eigenvalue weighted by atomic mass is 10.2. The van der Waals surface area contributed by atoms with Crippen LogP contribution < -0.4 is 5.32 Å². The zero-order valence-corrected chi connectivity index (χ0v) is 10.3. The van der Waals surface area contributed by atoms with E-state index in [1.165, 1.54) is 0 Å². The normalized spacial score (nSPS) is 19.2. The molecule has 1 fully saturated rings. The van der Waals surface area contributed by atoms with E-state index in [-0.39, 0.29) is 25.0 Å². The van der Waals surface area contributed by atoms with Gasteiger partial charge in [-0.1, -0.05) is 30.3 Å². The number of carbonyl (C=O) groups excluding carboxylic acids is 2. The lowest BCUT2D eigenvalue weighted by Crippen LogP contribution is -2.54. The van der Waals surface area contributed by atoms with Crippen LogP contribution in [0.5, 0.6) is 0 Å². The van der Waals surface area contributed by atoms with E-state index in [0.29, 0.717) is 6.54 Å². The van der Waals surface area contributed by atoms with Gasteiger partial charge in [0, 0.05) is 13.6 Å². The van der Waals surface area contributed by atoms with Crippen molar-refractivity contribution in [2.24, 2.45) is 0 Å². The van der Waals surface area contributed by atoms with Crippen LogP contribution in [0.1, 0.15) is 5.56 Å². The number of rotatable bonds is 3. The van der Waals surface area contributed by atoms with Crippen molar-refractivity contribution >= 4 is 11.8 Å². The summed E-state index contributed by atoms with van der Waals surface area (Å²) in [5.74, 6) is -0.375. The van der Waals surface area contributed by atoms with Gasteiger partial charge >= 0.3 is 0 Å². The molecule has 5 nitrogen and oxygen atoms in total. The highest BCUT2D eigenvalue weighted by Gasteiger charge is 2.27. The number of hydrogen-bond acceptors (Lipinski definition) is 3. The van der Waals surface area contributed by atoms with E-state index in [1.807, 2.05) is 30.3 Å². The summed E-state index contributed by atoms with van der Waals surface area (Å²) in [6.07, 6.45) is 0. The molecule has 1 heterocycles. The Balaban J connectivity index is 1.94. The fourth-order valence-corrected chi connectivity index (χ4v) is 1.88. The molecule has 1 aromatic rings. The molecule has 1 aliphatic rings. The average molecular weight is 248 g/mol. The number of nitrogens with zero attached hydrogens (tertiary/aromatic N) is 1. The number of ether oxygens (including phenoxy) is 1. The van der Waals surface area contributed by atoms with Crippen molar-refractivity contribution in [2.45, 2.75) is 12.6 Å². The highest BCUT2D eigenvalue weighted by Crippen LogP contribution is 2.05. The maximum absolute atomic E-state index is 12.1. The molecule has 18 heavy (non-hydrogen) atoms. The Kier molecular flexibility index (Phi) is 3.94. The Morgan fingerprint density at radius 1 is 1.44 bits per heavy atom. The summed E-state index contributed by atoms with van der Waals surface area (Å²) in [6.45, 7) is 0.794. The Morgan fingerprint density at radius 3 is 2.83 bits per heavy atom. The minimum absolute atomic E-state index is 0.0339. The summed E-state index contributed by atoms with van der Waals surface area (Å²) >= 11 is 0. The van der Waals surface area contributed by atoms with Gasteiger partial charge in [-0.15, -0.1) is 0 Å². The van der Waals surface area contributed by atoms with E-state index in [0.717, 1.165) is 5.56 Å². The van der Waals surface area contributed by atoms with Gasteiger partial charge in [-0.05, 0) is 5.56 Å². The summed E-state index contributed by atoms with van der Waals surface area (Å²) in [5.41, 5.74) is 1.05. The van der Waals surface area contributed by atoms with Crippen LogP contribution in [0.25, 0.3) is 0 Å². The maximum atomic E-state index is 12.1. The molecule has 0 bridgehead atoms. The number of benzene rings is 1. The maximum Gasteiger partial charge on any atom is 0.247 e. The van der Waals surface area contributed by atoms with Crippen molar-refractivity contribution in [2.75, 3.05) is 20.3 Å². The first-order valence-corrected chi connectivity index (χ1v) is 5.83. The quantitative estimate of drug-likeness (QED) is 0.829. The molecule has 0 saturated carbocycles. The van der Waals surface area contributed by atoms with Gasteiger partial charge in [-0.25, -0.2) is 0 Å². The molecule has 0 radical (unpaired) electrons. The van der Waals surface area contributed by atoms with Crippen LogP contribution in [0.4, 0.5) is 0 Å². The Labute approximate surface area is 106 Å². The summed E-state index contributed by atoms with van der Waals surface area (Å²) in [6, 6.07) is 9.14. The van der Waals surface area contributed by atoms with Gasteiger partial charge in [0.2, 0.25) is 11.8 Å². The van der Waals surface area contributed by atoms with E-state index in [9.17, 15) is 9.59 Å². The average Bonchev–Trinajstić information content (AvgIpc) is 2.39. The number of nitrogens with one attached hydrogen (secondary N) is 1. The van der Waals surface area contributed by atoms with Crippen LogP contribution in [-0.2, 0) is 20.9 Å². The van der Waals surface area contributed by atoms with E-state index in [4.69, 9.17) is 4.74 Å². The van der Waals surface area contributed by atoms with Crippen molar-refractivity contribution < 1.29 is 14.3 Å². The fourth-order valence-electron chi connectivity index (χ4n) is 1.88. The van der Waals surface area contributed by atoms with Gasteiger partial charge in [0.25, 0.3) is 0 Å². The van der Waals surface area contributed by atoms with Gasteiger partial charge in [-0.3, -0.25) is 9.59 Å². The third kappa shape index (κ3) is 3.07. The lowest BCUT2D eigenvalue weighted by molar-refractivity contribution is -0.143. The monoisotopic (exact) mass is 248 g/mol. The van der Waals surface area contributed by atoms with Gasteiger partial charge < -0.3 is 15.0 Å². The van der Waals surface area contributed by atoms with Gasteiger partial charge in [0.1, 0.15) is 12.6 Å². The van der Waals surface area contributed by atoms with Crippen LogP contribution >= 0.6 is 0 Å². The zero-order chi connectivity index (χ0) is 13.0. The second kappa shape index (κ2) is 5.64. The smallest absolute Gasteiger partial charge is 0.247 e. The molecule has 1 aliphatic heterocycles. The SMILES string of the molecule is CN(Cc1ccccc1)C(=O)C1COCC(=O)N1. The molecule has 0 spiro atoms. The van der Waals surface area contributed by atoms with Crippen molar-refractivity contribution in [1.29, 1.82) is 0 Å². The van der Waals surface area contributed by atoms with E-state index in [2.05, 4.69) is 5.32 Å². The van der Waals surface area contributed by atoms with E-state index < -0.39 is 6.04 Å². The zero-order valence-electron chi connectivity index (χ0n) is 10.3. The second-order valence-corrected chi connectivity index (χ2v) is 4.32. The fraction of sp³-hybridized carbons (Fsp3) is 0.385. The third-order valence-corrected chi connectivity index (χ3v) is 2.79. The van der Waals surface area contributed by atoms with Crippen molar-refractivity contribution in [3.8, 4) is 0 Å².